The Bertz CT molecular complexity index is 534. The van der Waals surface area contributed by atoms with Gasteiger partial charge in [0.25, 0.3) is 5.72 Å². The molecule has 0 radical (unpaired) electrons. The number of aryl methyl sites for hydroxylation is 2. The van der Waals surface area contributed by atoms with Crippen molar-refractivity contribution in [2.45, 2.75) is 19.6 Å². The van der Waals surface area contributed by atoms with Crippen molar-refractivity contribution in [1.29, 1.82) is 0 Å². The molecular weight excluding hydrogens is 206 g/mol. The fourth-order valence-electron chi connectivity index (χ4n) is 1.81. The average Bonchev–Trinajstić information content (AvgIpc) is 2.63. The van der Waals surface area contributed by atoms with Gasteiger partial charge in [0, 0.05) is 5.22 Å². The number of benzene rings is 1. The van der Waals surface area contributed by atoms with E-state index in [0.29, 0.717) is 5.36 Å². The maximum Gasteiger partial charge on any atom is 0.365 e. The first kappa shape index (κ1) is 10.8. The third-order valence-corrected chi connectivity index (χ3v) is 2.75. The maximum atomic E-state index is 11.4. The van der Waals surface area contributed by atoms with Gasteiger partial charge in [0.15, 0.2) is 0 Å². The summed E-state index contributed by atoms with van der Waals surface area (Å²) >= 11 is 0. The fourth-order valence-corrected chi connectivity index (χ4v) is 1.81. The normalized spacial score (nSPS) is 22.0. The molecule has 0 spiro atoms. The SMILES string of the molecule is COC(=O)C1(O)C=c2c(C)ccc(C)c2=N1. The van der Waals surface area contributed by atoms with Gasteiger partial charge in [0.05, 0.1) is 12.5 Å². The van der Waals surface area contributed by atoms with Gasteiger partial charge >= 0.3 is 5.97 Å². The van der Waals surface area contributed by atoms with Gasteiger partial charge in [-0.3, -0.25) is 0 Å². The van der Waals surface area contributed by atoms with Gasteiger partial charge in [-0.1, -0.05) is 12.1 Å². The lowest BCUT2D eigenvalue weighted by Gasteiger charge is -2.12. The van der Waals surface area contributed by atoms with Crippen molar-refractivity contribution >= 4 is 12.0 Å². The number of fused-ring (bicyclic) bond motifs is 1. The maximum absolute atomic E-state index is 11.4. The Kier molecular flexibility index (Phi) is 2.31. The summed E-state index contributed by atoms with van der Waals surface area (Å²) in [4.78, 5) is 15.5. The Labute approximate surface area is 92.9 Å². The Hall–Kier alpha value is -1.68. The molecule has 1 aromatic rings. The molecule has 0 fully saturated rings. The molecule has 0 aromatic heterocycles. The number of ether oxygens (including phenoxy) is 1. The van der Waals surface area contributed by atoms with E-state index in [0.717, 1.165) is 16.3 Å². The molecular formula is C12H13NO3. The van der Waals surface area contributed by atoms with Crippen LogP contribution in [0.4, 0.5) is 0 Å². The number of rotatable bonds is 1. The van der Waals surface area contributed by atoms with Gasteiger partial charge in [-0.2, -0.15) is 0 Å². The van der Waals surface area contributed by atoms with E-state index in [2.05, 4.69) is 9.73 Å². The van der Waals surface area contributed by atoms with Crippen LogP contribution in [0.2, 0.25) is 0 Å². The number of aliphatic hydroxyl groups is 1. The van der Waals surface area contributed by atoms with Gasteiger partial charge in [-0.15, -0.1) is 0 Å². The predicted molar refractivity (Wildman–Crippen MR) is 58.1 cm³/mol. The standard InChI is InChI=1S/C12H13NO3/c1-7-4-5-8(2)10-9(7)6-12(15,13-10)11(14)16-3/h4-6,15H,1-3H3. The largest absolute Gasteiger partial charge is 0.465 e. The fraction of sp³-hybridized carbons (Fsp3) is 0.333. The number of carbonyl (C=O) groups is 1. The van der Waals surface area contributed by atoms with E-state index >= 15 is 0 Å². The van der Waals surface area contributed by atoms with E-state index in [1.807, 2.05) is 26.0 Å². The Morgan fingerprint density at radius 1 is 1.38 bits per heavy atom. The molecule has 0 bridgehead atoms. The Morgan fingerprint density at radius 3 is 2.56 bits per heavy atom. The highest BCUT2D eigenvalue weighted by Gasteiger charge is 2.37. The zero-order valence-electron chi connectivity index (χ0n) is 9.44. The van der Waals surface area contributed by atoms with Crippen LogP contribution in [0, 0.1) is 13.8 Å². The molecule has 0 amide bonds. The number of esters is 1. The van der Waals surface area contributed by atoms with Crippen molar-refractivity contribution in [2.24, 2.45) is 4.99 Å². The van der Waals surface area contributed by atoms with E-state index in [9.17, 15) is 9.90 Å². The Morgan fingerprint density at radius 2 is 2.00 bits per heavy atom. The zero-order valence-corrected chi connectivity index (χ0v) is 9.44. The molecule has 1 heterocycles. The smallest absolute Gasteiger partial charge is 0.365 e. The molecule has 1 aliphatic rings. The molecule has 84 valence electrons. The molecule has 4 heteroatoms. The minimum Gasteiger partial charge on any atom is -0.465 e. The van der Waals surface area contributed by atoms with Crippen LogP contribution >= 0.6 is 0 Å². The monoisotopic (exact) mass is 219 g/mol. The quantitative estimate of drug-likeness (QED) is 0.652. The summed E-state index contributed by atoms with van der Waals surface area (Å²) in [5, 5.41) is 11.5. The van der Waals surface area contributed by atoms with Crippen molar-refractivity contribution < 1.29 is 14.6 Å². The summed E-state index contributed by atoms with van der Waals surface area (Å²) in [6.45, 7) is 3.80. The van der Waals surface area contributed by atoms with Crippen molar-refractivity contribution in [3.05, 3.63) is 33.8 Å². The minimum absolute atomic E-state index is 0.660. The highest BCUT2D eigenvalue weighted by Crippen LogP contribution is 2.13. The molecule has 0 saturated heterocycles. The average molecular weight is 219 g/mol. The summed E-state index contributed by atoms with van der Waals surface area (Å²) in [6, 6.07) is 3.84. The third-order valence-electron chi connectivity index (χ3n) is 2.75. The van der Waals surface area contributed by atoms with Crippen LogP contribution in [0.25, 0.3) is 6.08 Å². The van der Waals surface area contributed by atoms with Crippen molar-refractivity contribution in [3.63, 3.8) is 0 Å². The molecule has 0 aliphatic carbocycles. The van der Waals surface area contributed by atoms with Crippen LogP contribution in [0.5, 0.6) is 0 Å². The second-order valence-electron chi connectivity index (χ2n) is 3.94. The molecule has 4 nitrogen and oxygen atoms in total. The number of carbonyl (C=O) groups excluding carboxylic acids is 1. The van der Waals surface area contributed by atoms with Crippen molar-refractivity contribution in [3.8, 4) is 0 Å². The lowest BCUT2D eigenvalue weighted by Crippen LogP contribution is -2.34. The van der Waals surface area contributed by atoms with Crippen LogP contribution in [0.3, 0.4) is 0 Å². The van der Waals surface area contributed by atoms with Crippen molar-refractivity contribution in [1.82, 2.24) is 0 Å². The molecule has 1 atom stereocenters. The molecule has 16 heavy (non-hydrogen) atoms. The van der Waals surface area contributed by atoms with E-state index in [4.69, 9.17) is 0 Å². The summed E-state index contributed by atoms with van der Waals surface area (Å²) in [6.07, 6.45) is 1.44. The second kappa shape index (κ2) is 3.42. The molecule has 1 N–H and O–H groups in total. The van der Waals surface area contributed by atoms with Crippen LogP contribution in [-0.2, 0) is 9.53 Å². The topological polar surface area (TPSA) is 58.9 Å². The molecule has 1 unspecified atom stereocenters. The first-order valence-corrected chi connectivity index (χ1v) is 4.98. The highest BCUT2D eigenvalue weighted by atomic mass is 16.5. The predicted octanol–water partition coefficient (Wildman–Crippen LogP) is -0.421. The minimum atomic E-state index is -1.87. The van der Waals surface area contributed by atoms with E-state index < -0.39 is 11.7 Å². The van der Waals surface area contributed by atoms with Crippen LogP contribution in [-0.4, -0.2) is 23.9 Å². The molecule has 1 aromatic carbocycles. The number of nitrogens with zero attached hydrogens (tertiary/aromatic N) is 1. The molecule has 2 rings (SSSR count). The summed E-state index contributed by atoms with van der Waals surface area (Å²) in [5.41, 5.74) is 0.0365. The molecule has 0 saturated carbocycles. The number of hydrogen-bond donors (Lipinski definition) is 1. The summed E-state index contributed by atoms with van der Waals surface area (Å²) in [7, 11) is 1.23. The van der Waals surface area contributed by atoms with Gasteiger partial charge in [0.1, 0.15) is 0 Å². The van der Waals surface area contributed by atoms with Gasteiger partial charge in [-0.05, 0) is 31.1 Å². The van der Waals surface area contributed by atoms with Crippen molar-refractivity contribution in [2.75, 3.05) is 7.11 Å². The summed E-state index contributed by atoms with van der Waals surface area (Å²) in [5.74, 6) is -0.762. The van der Waals surface area contributed by atoms with Crippen LogP contribution in [0.15, 0.2) is 17.1 Å². The van der Waals surface area contributed by atoms with Gasteiger partial charge < -0.3 is 9.84 Å². The summed E-state index contributed by atoms with van der Waals surface area (Å²) < 4.78 is 4.53. The second-order valence-corrected chi connectivity index (χ2v) is 3.94. The molecule has 1 aliphatic heterocycles. The third kappa shape index (κ3) is 1.42. The van der Waals surface area contributed by atoms with E-state index in [1.54, 1.807) is 0 Å². The van der Waals surface area contributed by atoms with E-state index in [-0.39, 0.29) is 0 Å². The number of hydrogen-bond acceptors (Lipinski definition) is 4. The van der Waals surface area contributed by atoms with Crippen LogP contribution < -0.4 is 10.6 Å². The first-order chi connectivity index (χ1) is 7.48. The number of methoxy groups -OCH3 is 1. The van der Waals surface area contributed by atoms with E-state index in [1.165, 1.54) is 13.2 Å². The highest BCUT2D eigenvalue weighted by molar-refractivity contribution is 5.87. The lowest BCUT2D eigenvalue weighted by atomic mass is 10.1. The van der Waals surface area contributed by atoms with Gasteiger partial charge in [-0.25, -0.2) is 9.79 Å². The zero-order chi connectivity index (χ0) is 11.9. The Balaban J connectivity index is 2.73. The first-order valence-electron chi connectivity index (χ1n) is 4.98. The van der Waals surface area contributed by atoms with Crippen LogP contribution in [0.1, 0.15) is 11.1 Å². The van der Waals surface area contributed by atoms with Gasteiger partial charge in [0.2, 0.25) is 0 Å². The lowest BCUT2D eigenvalue weighted by molar-refractivity contribution is -0.155.